The molecule has 0 aliphatic heterocycles. The summed E-state index contributed by atoms with van der Waals surface area (Å²) in [7, 11) is 0. The maximum atomic E-state index is 13.6. The molecule has 40 heavy (non-hydrogen) atoms. The molecule has 5 aromatic rings. The monoisotopic (exact) mass is 528 g/mol. The molecule has 0 bridgehead atoms. The van der Waals surface area contributed by atoms with Gasteiger partial charge in [-0.1, -0.05) is 78.9 Å². The fourth-order valence-electron chi connectivity index (χ4n) is 4.75. The van der Waals surface area contributed by atoms with Gasteiger partial charge in [-0.3, -0.25) is 4.90 Å². The fraction of sp³-hybridized carbons (Fsp3) is 0.0938. The highest BCUT2D eigenvalue weighted by Crippen LogP contribution is 2.47. The van der Waals surface area contributed by atoms with Crippen LogP contribution in [0.1, 0.15) is 40.2 Å². The lowest BCUT2D eigenvalue weighted by Crippen LogP contribution is -2.25. The summed E-state index contributed by atoms with van der Waals surface area (Å²) < 4.78 is 11.9. The number of hydrogen-bond donors (Lipinski definition) is 2. The molecule has 0 spiro atoms. The summed E-state index contributed by atoms with van der Waals surface area (Å²) in [5.74, 6) is -0.823. The number of anilines is 3. The number of fused-ring (bicyclic) bond motifs is 1. The minimum Gasteiger partial charge on any atom is -0.462 e. The van der Waals surface area contributed by atoms with Crippen molar-refractivity contribution in [2.45, 2.75) is 13.2 Å². The number of nitrogens with zero attached hydrogens (tertiary/aromatic N) is 3. The van der Waals surface area contributed by atoms with Crippen molar-refractivity contribution in [3.63, 3.8) is 0 Å². The summed E-state index contributed by atoms with van der Waals surface area (Å²) in [5.41, 5.74) is 8.26. The van der Waals surface area contributed by atoms with E-state index < -0.39 is 12.2 Å². The first-order valence-electron chi connectivity index (χ1n) is 12.5. The third-order valence-corrected chi connectivity index (χ3v) is 6.52. The van der Waals surface area contributed by atoms with Gasteiger partial charge >= 0.3 is 5.97 Å². The van der Waals surface area contributed by atoms with E-state index in [0.717, 1.165) is 0 Å². The van der Waals surface area contributed by atoms with Crippen LogP contribution in [0.25, 0.3) is 22.1 Å². The first-order valence-corrected chi connectivity index (χ1v) is 12.5. The number of aliphatic hydroxyl groups is 1. The standard InChI is InChI=1S/C32H24N4O4/c1-2-39-32(38)27-26-24(19-34)28(35)23(18-33)25(20-12-6-3-7-13-20)29(26)40-31(27)36(22-16-10-5-11-17-22)30(37)21-14-8-4-9-15-21/h3-17,30,37H,2,35H2,1H3. The number of benzene rings is 4. The summed E-state index contributed by atoms with van der Waals surface area (Å²) >= 11 is 0. The highest BCUT2D eigenvalue weighted by Gasteiger charge is 2.35. The van der Waals surface area contributed by atoms with Crippen LogP contribution in [0.3, 0.4) is 0 Å². The predicted octanol–water partition coefficient (Wildman–Crippen LogP) is 6.43. The van der Waals surface area contributed by atoms with E-state index in [0.29, 0.717) is 22.4 Å². The number of hydrogen-bond acceptors (Lipinski definition) is 8. The van der Waals surface area contributed by atoms with Gasteiger partial charge in [0, 0.05) is 16.8 Å². The van der Waals surface area contributed by atoms with E-state index in [9.17, 15) is 20.4 Å². The van der Waals surface area contributed by atoms with Gasteiger partial charge in [-0.05, 0) is 24.6 Å². The van der Waals surface area contributed by atoms with Gasteiger partial charge in [-0.25, -0.2) is 4.79 Å². The van der Waals surface area contributed by atoms with Gasteiger partial charge in [0.15, 0.2) is 6.23 Å². The van der Waals surface area contributed by atoms with Crippen LogP contribution in [0.2, 0.25) is 0 Å². The average molecular weight is 529 g/mol. The van der Waals surface area contributed by atoms with Crippen molar-refractivity contribution in [1.29, 1.82) is 10.5 Å². The van der Waals surface area contributed by atoms with Gasteiger partial charge in [0.1, 0.15) is 23.3 Å². The lowest BCUT2D eigenvalue weighted by Gasteiger charge is -2.28. The summed E-state index contributed by atoms with van der Waals surface area (Å²) in [5, 5.41) is 32.1. The molecule has 1 aromatic heterocycles. The number of esters is 1. The van der Waals surface area contributed by atoms with E-state index >= 15 is 0 Å². The van der Waals surface area contributed by atoms with Crippen LogP contribution >= 0.6 is 0 Å². The van der Waals surface area contributed by atoms with Crippen molar-refractivity contribution in [2.24, 2.45) is 0 Å². The molecule has 0 fully saturated rings. The maximum Gasteiger partial charge on any atom is 0.344 e. The van der Waals surface area contributed by atoms with Crippen molar-refractivity contribution in [2.75, 3.05) is 17.2 Å². The second-order valence-corrected chi connectivity index (χ2v) is 8.83. The minimum absolute atomic E-state index is 0.0424. The highest BCUT2D eigenvalue weighted by atomic mass is 16.5. The topological polar surface area (TPSA) is 137 Å². The maximum absolute atomic E-state index is 13.6. The Bertz CT molecular complexity index is 1770. The Morgan fingerprint density at radius 1 is 0.950 bits per heavy atom. The Kier molecular flexibility index (Phi) is 7.19. The number of ether oxygens (including phenoxy) is 1. The number of nitrogen functional groups attached to an aromatic ring is 1. The first kappa shape index (κ1) is 26.1. The van der Waals surface area contributed by atoms with Crippen LogP contribution < -0.4 is 10.6 Å². The van der Waals surface area contributed by atoms with Gasteiger partial charge in [0.25, 0.3) is 0 Å². The zero-order valence-corrected chi connectivity index (χ0v) is 21.5. The Morgan fingerprint density at radius 3 is 2.10 bits per heavy atom. The summed E-state index contributed by atoms with van der Waals surface area (Å²) in [6, 6.07) is 30.9. The molecule has 1 unspecified atom stereocenters. The molecule has 0 saturated heterocycles. The Balaban J connectivity index is 1.95. The Hall–Kier alpha value is -5.57. The van der Waals surface area contributed by atoms with Crippen molar-refractivity contribution < 1.29 is 19.1 Å². The second kappa shape index (κ2) is 11.0. The number of carbonyl (C=O) groups excluding carboxylic acids is 1. The molecule has 0 radical (unpaired) electrons. The van der Waals surface area contributed by atoms with Crippen LogP contribution in [-0.4, -0.2) is 17.7 Å². The van der Waals surface area contributed by atoms with Gasteiger partial charge in [-0.15, -0.1) is 0 Å². The number of furan rings is 1. The molecule has 1 atom stereocenters. The summed E-state index contributed by atoms with van der Waals surface area (Å²) in [6.45, 7) is 1.72. The number of aliphatic hydroxyl groups excluding tert-OH is 1. The van der Waals surface area contributed by atoms with Crippen LogP contribution in [-0.2, 0) is 4.74 Å². The first-order chi connectivity index (χ1) is 19.5. The Morgan fingerprint density at radius 2 is 1.52 bits per heavy atom. The third-order valence-electron chi connectivity index (χ3n) is 6.52. The minimum atomic E-state index is -1.30. The van der Waals surface area contributed by atoms with Crippen molar-refractivity contribution in [3.8, 4) is 23.3 Å². The highest BCUT2D eigenvalue weighted by molar-refractivity contribution is 6.16. The van der Waals surface area contributed by atoms with Crippen molar-refractivity contribution in [3.05, 3.63) is 113 Å². The molecular formula is C32H24N4O4. The zero-order valence-electron chi connectivity index (χ0n) is 21.5. The largest absolute Gasteiger partial charge is 0.462 e. The molecule has 0 saturated carbocycles. The van der Waals surface area contributed by atoms with Crippen LogP contribution in [0.15, 0.2) is 95.4 Å². The van der Waals surface area contributed by atoms with E-state index in [1.807, 2.05) is 18.2 Å². The normalized spacial score (nSPS) is 11.4. The number of rotatable bonds is 7. The van der Waals surface area contributed by atoms with Crippen molar-refractivity contribution >= 4 is 34.2 Å². The predicted molar refractivity (Wildman–Crippen MR) is 151 cm³/mol. The number of para-hydroxylation sites is 1. The van der Waals surface area contributed by atoms with Crippen LogP contribution in [0.4, 0.5) is 17.3 Å². The molecule has 0 aliphatic carbocycles. The molecule has 0 amide bonds. The van der Waals surface area contributed by atoms with Crippen molar-refractivity contribution in [1.82, 2.24) is 0 Å². The quantitative estimate of drug-likeness (QED) is 0.140. The van der Waals surface area contributed by atoms with E-state index in [1.54, 1.807) is 79.7 Å². The van der Waals surface area contributed by atoms with E-state index in [-0.39, 0.29) is 45.8 Å². The molecule has 8 heteroatoms. The number of nitriles is 2. The van der Waals surface area contributed by atoms with Gasteiger partial charge in [0.05, 0.1) is 28.8 Å². The molecular weight excluding hydrogens is 504 g/mol. The van der Waals surface area contributed by atoms with Crippen LogP contribution in [0, 0.1) is 22.7 Å². The smallest absolute Gasteiger partial charge is 0.344 e. The fourth-order valence-corrected chi connectivity index (χ4v) is 4.75. The van der Waals surface area contributed by atoms with Gasteiger partial charge in [-0.2, -0.15) is 10.5 Å². The summed E-state index contributed by atoms with van der Waals surface area (Å²) in [6.07, 6.45) is -1.30. The Labute approximate surface area is 230 Å². The molecule has 8 nitrogen and oxygen atoms in total. The lowest BCUT2D eigenvalue weighted by molar-refractivity contribution is 0.0528. The molecule has 1 heterocycles. The number of nitrogens with two attached hydrogens (primary N) is 1. The molecule has 0 aliphatic rings. The van der Waals surface area contributed by atoms with Gasteiger partial charge < -0.3 is 20.0 Å². The second-order valence-electron chi connectivity index (χ2n) is 8.83. The van der Waals surface area contributed by atoms with Gasteiger partial charge in [0.2, 0.25) is 5.88 Å². The molecule has 196 valence electrons. The third kappa shape index (κ3) is 4.39. The van der Waals surface area contributed by atoms with E-state index in [1.165, 1.54) is 4.90 Å². The SMILES string of the molecule is CCOC(=O)c1c(N(c2ccccc2)C(O)c2ccccc2)oc2c(-c3ccccc3)c(C#N)c(N)c(C#N)c12. The molecule has 5 rings (SSSR count). The average Bonchev–Trinajstić information content (AvgIpc) is 3.37. The van der Waals surface area contributed by atoms with E-state index in [2.05, 4.69) is 12.1 Å². The molecule has 4 aromatic carbocycles. The zero-order chi connectivity index (χ0) is 28.2. The lowest BCUT2D eigenvalue weighted by atomic mass is 9.92. The van der Waals surface area contributed by atoms with E-state index in [4.69, 9.17) is 14.9 Å². The number of carbonyl (C=O) groups is 1. The summed E-state index contributed by atoms with van der Waals surface area (Å²) in [4.78, 5) is 15.1. The van der Waals surface area contributed by atoms with Crippen LogP contribution in [0.5, 0.6) is 0 Å². The molecule has 3 N–H and O–H groups in total.